The van der Waals surface area contributed by atoms with Crippen molar-refractivity contribution in [1.82, 2.24) is 15.6 Å². The van der Waals surface area contributed by atoms with E-state index in [4.69, 9.17) is 0 Å². The lowest BCUT2D eigenvalue weighted by Crippen LogP contribution is -2.40. The maximum absolute atomic E-state index is 12.3. The predicted molar refractivity (Wildman–Crippen MR) is 65.6 cm³/mol. The van der Waals surface area contributed by atoms with Gasteiger partial charge in [0.2, 0.25) is 0 Å². The monoisotopic (exact) mass is 280 g/mol. The number of alkyl halides is 3. The first-order chi connectivity index (χ1) is 8.32. The molecule has 0 unspecified atom stereocenters. The normalized spacial score (nSPS) is 12.9. The van der Waals surface area contributed by atoms with E-state index in [2.05, 4.69) is 20.6 Å². The number of nitrogens with one attached hydrogen (secondary N) is 2. The van der Waals surface area contributed by atoms with Gasteiger partial charge in [0.25, 0.3) is 0 Å². The van der Waals surface area contributed by atoms with Crippen molar-refractivity contribution >= 4 is 17.3 Å². The number of guanidine groups is 1. The summed E-state index contributed by atoms with van der Waals surface area (Å²) in [7, 11) is 1.60. The molecule has 0 aliphatic heterocycles. The van der Waals surface area contributed by atoms with Crippen molar-refractivity contribution < 1.29 is 13.2 Å². The SMILES string of the molecule is CN=C(NCc1nc(C(F)(F)F)cs1)NC(C)C. The second-order valence-corrected chi connectivity index (χ2v) is 4.79. The summed E-state index contributed by atoms with van der Waals surface area (Å²) in [5, 5.41) is 7.31. The minimum Gasteiger partial charge on any atom is -0.354 e. The number of rotatable bonds is 3. The van der Waals surface area contributed by atoms with E-state index in [0.29, 0.717) is 11.0 Å². The molecule has 2 N–H and O–H groups in total. The number of aliphatic imine (C=N–C) groups is 1. The molecule has 1 aromatic heterocycles. The average molecular weight is 280 g/mol. The van der Waals surface area contributed by atoms with Crippen LogP contribution in [0.3, 0.4) is 0 Å². The molecule has 0 fully saturated rings. The molecule has 0 spiro atoms. The van der Waals surface area contributed by atoms with Gasteiger partial charge in [-0.2, -0.15) is 13.2 Å². The molecule has 0 aliphatic rings. The van der Waals surface area contributed by atoms with Crippen LogP contribution in [0.25, 0.3) is 0 Å². The van der Waals surface area contributed by atoms with Crippen LogP contribution < -0.4 is 10.6 Å². The number of halogens is 3. The van der Waals surface area contributed by atoms with Crippen molar-refractivity contribution in [2.24, 2.45) is 4.99 Å². The molecule has 0 saturated heterocycles. The minimum atomic E-state index is -4.38. The van der Waals surface area contributed by atoms with Gasteiger partial charge >= 0.3 is 6.18 Å². The zero-order valence-electron chi connectivity index (χ0n) is 10.3. The Morgan fingerprint density at radius 3 is 2.61 bits per heavy atom. The smallest absolute Gasteiger partial charge is 0.354 e. The molecule has 1 aromatic rings. The second-order valence-electron chi connectivity index (χ2n) is 3.85. The highest BCUT2D eigenvalue weighted by Crippen LogP contribution is 2.29. The van der Waals surface area contributed by atoms with Crippen LogP contribution in [-0.2, 0) is 12.7 Å². The summed E-state index contributed by atoms with van der Waals surface area (Å²) in [6, 6.07) is 0.193. The molecule has 1 heterocycles. The fourth-order valence-electron chi connectivity index (χ4n) is 1.15. The molecule has 0 aliphatic carbocycles. The molecule has 0 atom stereocenters. The van der Waals surface area contributed by atoms with E-state index >= 15 is 0 Å². The molecule has 18 heavy (non-hydrogen) atoms. The van der Waals surface area contributed by atoms with Gasteiger partial charge in [-0.25, -0.2) is 4.98 Å². The minimum absolute atomic E-state index is 0.193. The molecular weight excluding hydrogens is 265 g/mol. The van der Waals surface area contributed by atoms with Crippen LogP contribution in [0.1, 0.15) is 24.5 Å². The van der Waals surface area contributed by atoms with Gasteiger partial charge in [-0.3, -0.25) is 4.99 Å². The maximum Gasteiger partial charge on any atom is 0.434 e. The van der Waals surface area contributed by atoms with E-state index in [-0.39, 0.29) is 12.6 Å². The van der Waals surface area contributed by atoms with Crippen LogP contribution in [0.15, 0.2) is 10.4 Å². The van der Waals surface area contributed by atoms with Crippen molar-refractivity contribution in [2.75, 3.05) is 7.05 Å². The van der Waals surface area contributed by atoms with Gasteiger partial charge in [0.15, 0.2) is 11.7 Å². The van der Waals surface area contributed by atoms with Gasteiger partial charge in [-0.15, -0.1) is 11.3 Å². The number of nitrogens with zero attached hydrogens (tertiary/aromatic N) is 2. The van der Waals surface area contributed by atoms with Gasteiger partial charge in [-0.05, 0) is 13.8 Å². The van der Waals surface area contributed by atoms with Crippen molar-refractivity contribution in [3.8, 4) is 0 Å². The lowest BCUT2D eigenvalue weighted by atomic mass is 10.4. The Kier molecular flexibility index (Phi) is 4.94. The summed E-state index contributed by atoms with van der Waals surface area (Å²) in [4.78, 5) is 7.46. The quantitative estimate of drug-likeness (QED) is 0.659. The Bertz CT molecular complexity index is 412. The van der Waals surface area contributed by atoms with Crippen LogP contribution in [0, 0.1) is 0 Å². The first kappa shape index (κ1) is 14.7. The first-order valence-corrected chi connectivity index (χ1v) is 6.19. The number of hydrogen-bond donors (Lipinski definition) is 2. The predicted octanol–water partition coefficient (Wildman–Crippen LogP) is 2.24. The van der Waals surface area contributed by atoms with Crippen LogP contribution in [-0.4, -0.2) is 24.0 Å². The lowest BCUT2D eigenvalue weighted by molar-refractivity contribution is -0.140. The van der Waals surface area contributed by atoms with E-state index in [1.165, 1.54) is 0 Å². The van der Waals surface area contributed by atoms with Gasteiger partial charge in [-0.1, -0.05) is 0 Å². The Morgan fingerprint density at radius 1 is 1.50 bits per heavy atom. The van der Waals surface area contributed by atoms with Crippen LogP contribution >= 0.6 is 11.3 Å². The first-order valence-electron chi connectivity index (χ1n) is 5.31. The van der Waals surface area contributed by atoms with Gasteiger partial charge in [0.1, 0.15) is 5.01 Å². The zero-order chi connectivity index (χ0) is 13.8. The highest BCUT2D eigenvalue weighted by atomic mass is 32.1. The number of thiazole rings is 1. The van der Waals surface area contributed by atoms with Crippen LogP contribution in [0.2, 0.25) is 0 Å². The summed E-state index contributed by atoms with van der Waals surface area (Å²) in [5.74, 6) is 0.536. The largest absolute Gasteiger partial charge is 0.434 e. The fraction of sp³-hybridized carbons (Fsp3) is 0.600. The molecule has 1 rings (SSSR count). The van der Waals surface area contributed by atoms with Gasteiger partial charge < -0.3 is 10.6 Å². The topological polar surface area (TPSA) is 49.3 Å². The fourth-order valence-corrected chi connectivity index (χ4v) is 1.89. The molecule has 0 aromatic carbocycles. The highest BCUT2D eigenvalue weighted by Gasteiger charge is 2.33. The summed E-state index contributed by atoms with van der Waals surface area (Å²) in [6.45, 7) is 4.10. The number of hydrogen-bond acceptors (Lipinski definition) is 3. The molecule has 0 saturated carbocycles. The van der Waals surface area contributed by atoms with E-state index in [1.807, 2.05) is 13.8 Å². The van der Waals surface area contributed by atoms with E-state index in [0.717, 1.165) is 16.7 Å². The van der Waals surface area contributed by atoms with Crippen LogP contribution in [0.5, 0.6) is 0 Å². The van der Waals surface area contributed by atoms with Crippen molar-refractivity contribution in [1.29, 1.82) is 0 Å². The Hall–Kier alpha value is -1.31. The molecule has 8 heteroatoms. The highest BCUT2D eigenvalue weighted by molar-refractivity contribution is 7.09. The van der Waals surface area contributed by atoms with Gasteiger partial charge in [0, 0.05) is 18.5 Å². The summed E-state index contributed by atoms with van der Waals surface area (Å²) < 4.78 is 37.0. The molecule has 4 nitrogen and oxygen atoms in total. The third kappa shape index (κ3) is 4.52. The van der Waals surface area contributed by atoms with E-state index < -0.39 is 11.9 Å². The second kappa shape index (κ2) is 6.03. The third-order valence-electron chi connectivity index (χ3n) is 1.90. The molecule has 0 radical (unpaired) electrons. The summed E-state index contributed by atoms with van der Waals surface area (Å²) in [6.07, 6.45) is -4.38. The molecular formula is C10H15F3N4S. The third-order valence-corrected chi connectivity index (χ3v) is 2.75. The van der Waals surface area contributed by atoms with Crippen molar-refractivity contribution in [3.05, 3.63) is 16.1 Å². The Morgan fingerprint density at radius 2 is 2.17 bits per heavy atom. The average Bonchev–Trinajstić information content (AvgIpc) is 2.71. The summed E-state index contributed by atoms with van der Waals surface area (Å²) >= 11 is 0.971. The van der Waals surface area contributed by atoms with E-state index in [9.17, 15) is 13.2 Å². The van der Waals surface area contributed by atoms with Crippen molar-refractivity contribution in [3.63, 3.8) is 0 Å². The Labute approximate surface area is 107 Å². The Balaban J connectivity index is 2.56. The van der Waals surface area contributed by atoms with Gasteiger partial charge in [0.05, 0.1) is 6.54 Å². The number of aromatic nitrogens is 1. The lowest BCUT2D eigenvalue weighted by Gasteiger charge is -2.13. The standard InChI is InChI=1S/C10H15F3N4S/c1-6(2)16-9(14-3)15-4-8-17-7(5-18-8)10(11,12)13/h5-6H,4H2,1-3H3,(H2,14,15,16). The summed E-state index contributed by atoms with van der Waals surface area (Å²) in [5.41, 5.74) is -0.851. The van der Waals surface area contributed by atoms with Crippen molar-refractivity contribution in [2.45, 2.75) is 32.6 Å². The molecule has 0 bridgehead atoms. The van der Waals surface area contributed by atoms with E-state index in [1.54, 1.807) is 7.05 Å². The molecule has 0 amide bonds. The molecule has 102 valence electrons. The zero-order valence-corrected chi connectivity index (χ0v) is 11.1. The maximum atomic E-state index is 12.3. The van der Waals surface area contributed by atoms with Crippen LogP contribution in [0.4, 0.5) is 13.2 Å².